The maximum Gasteiger partial charge on any atom is 0.314 e. The number of rotatable bonds is 6. The first-order chi connectivity index (χ1) is 8.03. The van der Waals surface area contributed by atoms with E-state index in [9.17, 15) is 14.7 Å². The SMILES string of the molecule is CCC(CCC(=O)O)(C(=O)O)c1ccccc1. The molecule has 0 spiro atoms. The van der Waals surface area contributed by atoms with Crippen molar-refractivity contribution in [2.24, 2.45) is 0 Å². The smallest absolute Gasteiger partial charge is 0.314 e. The zero-order chi connectivity index (χ0) is 12.9. The first kappa shape index (κ1) is 13.2. The van der Waals surface area contributed by atoms with E-state index in [0.717, 1.165) is 0 Å². The minimum absolute atomic E-state index is 0.109. The molecule has 0 radical (unpaired) electrons. The van der Waals surface area contributed by atoms with Crippen LogP contribution in [-0.4, -0.2) is 22.2 Å². The molecule has 0 bridgehead atoms. The molecule has 1 rings (SSSR count). The van der Waals surface area contributed by atoms with Gasteiger partial charge in [-0.25, -0.2) is 0 Å². The zero-order valence-electron chi connectivity index (χ0n) is 9.72. The van der Waals surface area contributed by atoms with Crippen molar-refractivity contribution < 1.29 is 19.8 Å². The number of hydrogen-bond acceptors (Lipinski definition) is 2. The Morgan fingerprint density at radius 1 is 1.18 bits per heavy atom. The summed E-state index contributed by atoms with van der Waals surface area (Å²) in [6, 6.07) is 8.81. The van der Waals surface area contributed by atoms with Crippen molar-refractivity contribution in [3.05, 3.63) is 35.9 Å². The van der Waals surface area contributed by atoms with Crippen molar-refractivity contribution in [3.63, 3.8) is 0 Å². The van der Waals surface area contributed by atoms with Crippen LogP contribution in [0, 0.1) is 0 Å². The summed E-state index contributed by atoms with van der Waals surface area (Å²) in [6.45, 7) is 1.77. The fourth-order valence-electron chi connectivity index (χ4n) is 1.98. The molecular weight excluding hydrogens is 220 g/mol. The summed E-state index contributed by atoms with van der Waals surface area (Å²) in [6.07, 6.45) is 0.340. The average molecular weight is 236 g/mol. The number of aliphatic carboxylic acids is 2. The molecule has 17 heavy (non-hydrogen) atoms. The molecule has 0 amide bonds. The van der Waals surface area contributed by atoms with Gasteiger partial charge < -0.3 is 10.2 Å². The molecule has 0 aliphatic heterocycles. The van der Waals surface area contributed by atoms with Crippen LogP contribution in [0.2, 0.25) is 0 Å². The van der Waals surface area contributed by atoms with E-state index in [0.29, 0.717) is 12.0 Å². The second-order valence-electron chi connectivity index (χ2n) is 4.00. The molecule has 1 atom stereocenters. The number of benzene rings is 1. The molecule has 0 saturated carbocycles. The molecule has 0 aliphatic carbocycles. The van der Waals surface area contributed by atoms with Crippen LogP contribution >= 0.6 is 0 Å². The van der Waals surface area contributed by atoms with Gasteiger partial charge in [-0.05, 0) is 18.4 Å². The van der Waals surface area contributed by atoms with E-state index in [1.165, 1.54) is 0 Å². The van der Waals surface area contributed by atoms with E-state index >= 15 is 0 Å². The highest BCUT2D eigenvalue weighted by atomic mass is 16.4. The van der Waals surface area contributed by atoms with Gasteiger partial charge in [0, 0.05) is 6.42 Å². The van der Waals surface area contributed by atoms with Gasteiger partial charge in [0.25, 0.3) is 0 Å². The van der Waals surface area contributed by atoms with E-state index in [-0.39, 0.29) is 12.8 Å². The van der Waals surface area contributed by atoms with Crippen LogP contribution in [0.15, 0.2) is 30.3 Å². The molecule has 4 heteroatoms. The predicted octanol–water partition coefficient (Wildman–Crippen LogP) is 2.28. The fraction of sp³-hybridized carbons (Fsp3) is 0.385. The van der Waals surface area contributed by atoms with Gasteiger partial charge in [0.05, 0.1) is 5.41 Å². The van der Waals surface area contributed by atoms with Crippen LogP contribution in [0.5, 0.6) is 0 Å². The second kappa shape index (κ2) is 5.48. The van der Waals surface area contributed by atoms with Crippen molar-refractivity contribution in [1.82, 2.24) is 0 Å². The Labute approximate surface area is 99.9 Å². The largest absolute Gasteiger partial charge is 0.481 e. The third-order valence-electron chi connectivity index (χ3n) is 3.10. The lowest BCUT2D eigenvalue weighted by Gasteiger charge is -2.28. The predicted molar refractivity (Wildman–Crippen MR) is 62.9 cm³/mol. The number of carbonyl (C=O) groups is 2. The Hall–Kier alpha value is -1.84. The molecule has 1 aromatic rings. The van der Waals surface area contributed by atoms with Crippen LogP contribution in [0.3, 0.4) is 0 Å². The maximum absolute atomic E-state index is 11.5. The Morgan fingerprint density at radius 3 is 2.18 bits per heavy atom. The van der Waals surface area contributed by atoms with Gasteiger partial charge in [-0.3, -0.25) is 9.59 Å². The molecule has 0 aromatic heterocycles. The van der Waals surface area contributed by atoms with Gasteiger partial charge in [0.2, 0.25) is 0 Å². The van der Waals surface area contributed by atoms with Gasteiger partial charge in [-0.15, -0.1) is 0 Å². The summed E-state index contributed by atoms with van der Waals surface area (Å²) in [5.41, 5.74) is -0.434. The Balaban J connectivity index is 3.09. The Kier molecular flexibility index (Phi) is 4.26. The molecule has 0 fully saturated rings. The fourth-order valence-corrected chi connectivity index (χ4v) is 1.98. The molecule has 1 unspecified atom stereocenters. The highest BCUT2D eigenvalue weighted by molar-refractivity contribution is 5.82. The van der Waals surface area contributed by atoms with E-state index in [1.54, 1.807) is 31.2 Å². The lowest BCUT2D eigenvalue weighted by atomic mass is 9.74. The summed E-state index contributed by atoms with van der Waals surface area (Å²) < 4.78 is 0. The van der Waals surface area contributed by atoms with Crippen molar-refractivity contribution >= 4 is 11.9 Å². The van der Waals surface area contributed by atoms with Gasteiger partial charge in [-0.1, -0.05) is 37.3 Å². The van der Waals surface area contributed by atoms with Crippen LogP contribution in [0.4, 0.5) is 0 Å². The molecule has 92 valence electrons. The van der Waals surface area contributed by atoms with Gasteiger partial charge in [0.1, 0.15) is 0 Å². The summed E-state index contributed by atoms with van der Waals surface area (Å²) in [4.78, 5) is 22.1. The molecular formula is C13H16O4. The maximum atomic E-state index is 11.5. The monoisotopic (exact) mass is 236 g/mol. The third kappa shape index (κ3) is 2.84. The molecule has 0 aliphatic rings. The number of hydrogen-bond donors (Lipinski definition) is 2. The quantitative estimate of drug-likeness (QED) is 0.794. The van der Waals surface area contributed by atoms with Crippen molar-refractivity contribution in [2.45, 2.75) is 31.6 Å². The zero-order valence-corrected chi connectivity index (χ0v) is 9.72. The Bertz CT molecular complexity index is 399. The first-order valence-electron chi connectivity index (χ1n) is 5.53. The summed E-state index contributed by atoms with van der Waals surface area (Å²) in [5.74, 6) is -1.94. The van der Waals surface area contributed by atoms with Crippen LogP contribution in [0.25, 0.3) is 0 Å². The standard InChI is InChI=1S/C13H16O4/c1-2-13(12(16)17,9-8-11(14)15)10-6-4-3-5-7-10/h3-7H,2,8-9H2,1H3,(H,14,15)(H,16,17). The topological polar surface area (TPSA) is 74.6 Å². The number of carboxylic acids is 2. The third-order valence-corrected chi connectivity index (χ3v) is 3.10. The summed E-state index contributed by atoms with van der Waals surface area (Å²) in [5, 5.41) is 18.1. The van der Waals surface area contributed by atoms with E-state index < -0.39 is 17.4 Å². The van der Waals surface area contributed by atoms with Gasteiger partial charge in [-0.2, -0.15) is 0 Å². The van der Waals surface area contributed by atoms with E-state index in [4.69, 9.17) is 5.11 Å². The van der Waals surface area contributed by atoms with Crippen molar-refractivity contribution in [2.75, 3.05) is 0 Å². The highest BCUT2D eigenvalue weighted by Gasteiger charge is 2.38. The lowest BCUT2D eigenvalue weighted by Crippen LogP contribution is -2.35. The Morgan fingerprint density at radius 2 is 1.76 bits per heavy atom. The van der Waals surface area contributed by atoms with Gasteiger partial charge in [0.15, 0.2) is 0 Å². The molecule has 2 N–H and O–H groups in total. The second-order valence-corrected chi connectivity index (χ2v) is 4.00. The average Bonchev–Trinajstić information content (AvgIpc) is 2.31. The lowest BCUT2D eigenvalue weighted by molar-refractivity contribution is -0.145. The molecule has 1 aromatic carbocycles. The van der Waals surface area contributed by atoms with Crippen LogP contribution < -0.4 is 0 Å². The summed E-state index contributed by atoms with van der Waals surface area (Å²) in [7, 11) is 0. The normalized spacial score (nSPS) is 13.9. The van der Waals surface area contributed by atoms with E-state index in [2.05, 4.69) is 0 Å². The van der Waals surface area contributed by atoms with Crippen molar-refractivity contribution in [3.8, 4) is 0 Å². The van der Waals surface area contributed by atoms with Crippen LogP contribution in [-0.2, 0) is 15.0 Å². The first-order valence-corrected chi connectivity index (χ1v) is 5.53. The number of carboxylic acid groups (broad SMARTS) is 2. The highest BCUT2D eigenvalue weighted by Crippen LogP contribution is 2.33. The van der Waals surface area contributed by atoms with Crippen molar-refractivity contribution in [1.29, 1.82) is 0 Å². The summed E-state index contributed by atoms with van der Waals surface area (Å²) >= 11 is 0. The molecule has 0 saturated heterocycles. The minimum atomic E-state index is -1.10. The van der Waals surface area contributed by atoms with Gasteiger partial charge >= 0.3 is 11.9 Å². The van der Waals surface area contributed by atoms with E-state index in [1.807, 2.05) is 6.07 Å². The molecule has 4 nitrogen and oxygen atoms in total. The molecule has 0 heterocycles. The minimum Gasteiger partial charge on any atom is -0.481 e. The van der Waals surface area contributed by atoms with Crippen LogP contribution in [0.1, 0.15) is 31.7 Å².